The molecule has 0 heterocycles. The van der Waals surface area contributed by atoms with Crippen molar-refractivity contribution in [2.45, 2.75) is 25.2 Å². The molecule has 1 amide bonds. The van der Waals surface area contributed by atoms with Crippen molar-refractivity contribution in [1.29, 1.82) is 0 Å². The van der Waals surface area contributed by atoms with Gasteiger partial charge in [-0.05, 0) is 36.0 Å². The topological polar surface area (TPSA) is 63.2 Å². The zero-order valence-electron chi connectivity index (χ0n) is 10.8. The third kappa shape index (κ3) is 3.48. The summed E-state index contributed by atoms with van der Waals surface area (Å²) < 4.78 is 22.4. The van der Waals surface area contributed by atoms with Gasteiger partial charge in [-0.3, -0.25) is 4.79 Å². The number of nitrogens with one attached hydrogen (secondary N) is 1. The molecule has 1 saturated carbocycles. The summed E-state index contributed by atoms with van der Waals surface area (Å²) >= 11 is 0. The van der Waals surface area contributed by atoms with E-state index in [2.05, 4.69) is 19.2 Å². The molecule has 4 nitrogen and oxygen atoms in total. The SMILES string of the molecule is CC1(C)CC1CNC(=O)c1cccc(S(=O)(=O)Cl)c1. The van der Waals surface area contributed by atoms with Crippen molar-refractivity contribution in [3.63, 3.8) is 0 Å². The Kier molecular flexibility index (Phi) is 3.62. The van der Waals surface area contributed by atoms with Crippen LogP contribution in [0.15, 0.2) is 29.2 Å². The van der Waals surface area contributed by atoms with E-state index in [0.29, 0.717) is 23.4 Å². The molecule has 1 aliphatic rings. The number of carbonyl (C=O) groups is 1. The molecule has 6 heteroatoms. The van der Waals surface area contributed by atoms with Crippen LogP contribution in [0, 0.1) is 11.3 Å². The molecule has 0 saturated heterocycles. The Labute approximate surface area is 117 Å². The van der Waals surface area contributed by atoms with Crippen LogP contribution in [0.3, 0.4) is 0 Å². The zero-order chi connectivity index (χ0) is 14.3. The van der Waals surface area contributed by atoms with Crippen LogP contribution in [-0.4, -0.2) is 20.9 Å². The molecule has 0 bridgehead atoms. The minimum atomic E-state index is -3.80. The second-order valence-electron chi connectivity index (χ2n) is 5.57. The molecule has 104 valence electrons. The molecule has 0 spiro atoms. The van der Waals surface area contributed by atoms with Crippen LogP contribution in [-0.2, 0) is 9.05 Å². The third-order valence-corrected chi connectivity index (χ3v) is 4.96. The molecule has 1 N–H and O–H groups in total. The van der Waals surface area contributed by atoms with Crippen LogP contribution in [0.4, 0.5) is 0 Å². The molecule has 0 aliphatic heterocycles. The Morgan fingerprint density at radius 2 is 2.11 bits per heavy atom. The summed E-state index contributed by atoms with van der Waals surface area (Å²) in [7, 11) is 1.45. The number of carbonyl (C=O) groups excluding carboxylic acids is 1. The fourth-order valence-electron chi connectivity index (χ4n) is 2.03. The number of amides is 1. The average molecular weight is 302 g/mol. The highest BCUT2D eigenvalue weighted by atomic mass is 35.7. The Morgan fingerprint density at radius 1 is 1.47 bits per heavy atom. The number of rotatable bonds is 4. The van der Waals surface area contributed by atoms with Crippen LogP contribution in [0.2, 0.25) is 0 Å². The molecule has 0 aromatic heterocycles. The number of halogens is 1. The van der Waals surface area contributed by atoms with E-state index in [-0.39, 0.29) is 10.8 Å². The van der Waals surface area contributed by atoms with Crippen LogP contribution in [0.1, 0.15) is 30.6 Å². The van der Waals surface area contributed by atoms with Crippen molar-refractivity contribution in [1.82, 2.24) is 5.32 Å². The molecular weight excluding hydrogens is 286 g/mol. The Balaban J connectivity index is 2.04. The summed E-state index contributed by atoms with van der Waals surface area (Å²) in [6.45, 7) is 4.93. The highest BCUT2D eigenvalue weighted by molar-refractivity contribution is 8.13. The van der Waals surface area contributed by atoms with E-state index in [1.807, 2.05) is 0 Å². The van der Waals surface area contributed by atoms with E-state index in [4.69, 9.17) is 10.7 Å². The van der Waals surface area contributed by atoms with Crippen LogP contribution >= 0.6 is 10.7 Å². The van der Waals surface area contributed by atoms with Gasteiger partial charge in [-0.1, -0.05) is 19.9 Å². The van der Waals surface area contributed by atoms with Gasteiger partial charge in [0, 0.05) is 22.8 Å². The van der Waals surface area contributed by atoms with E-state index in [1.54, 1.807) is 6.07 Å². The maximum Gasteiger partial charge on any atom is 0.261 e. The molecule has 2 rings (SSSR count). The van der Waals surface area contributed by atoms with Crippen molar-refractivity contribution < 1.29 is 13.2 Å². The van der Waals surface area contributed by atoms with Gasteiger partial charge in [-0.2, -0.15) is 0 Å². The number of benzene rings is 1. The average Bonchev–Trinajstić information content (AvgIpc) is 2.93. The summed E-state index contributed by atoms with van der Waals surface area (Å²) in [5.74, 6) is 0.223. The lowest BCUT2D eigenvalue weighted by Gasteiger charge is -2.07. The lowest BCUT2D eigenvalue weighted by molar-refractivity contribution is 0.0950. The van der Waals surface area contributed by atoms with Gasteiger partial charge in [0.2, 0.25) is 0 Å². The largest absolute Gasteiger partial charge is 0.352 e. The van der Waals surface area contributed by atoms with Crippen molar-refractivity contribution in [2.75, 3.05) is 6.54 Å². The second kappa shape index (κ2) is 4.80. The lowest BCUT2D eigenvalue weighted by atomic mass is 10.1. The minimum absolute atomic E-state index is 0.0615. The molecule has 1 aromatic rings. The molecule has 0 radical (unpaired) electrons. The fourth-order valence-corrected chi connectivity index (χ4v) is 2.83. The third-order valence-electron chi connectivity index (χ3n) is 3.60. The summed E-state index contributed by atoms with van der Waals surface area (Å²) in [4.78, 5) is 11.9. The maximum absolute atomic E-state index is 11.9. The molecule has 1 atom stereocenters. The molecule has 1 aliphatic carbocycles. The molecule has 19 heavy (non-hydrogen) atoms. The Bertz CT molecular complexity index is 610. The summed E-state index contributed by atoms with van der Waals surface area (Å²) in [6.07, 6.45) is 1.10. The van der Waals surface area contributed by atoms with Gasteiger partial charge in [-0.25, -0.2) is 8.42 Å². The van der Waals surface area contributed by atoms with Gasteiger partial charge in [0.15, 0.2) is 0 Å². The summed E-state index contributed by atoms with van der Waals surface area (Å²) in [5.41, 5.74) is 0.606. The van der Waals surface area contributed by atoms with Crippen LogP contribution < -0.4 is 5.32 Å². The van der Waals surface area contributed by atoms with E-state index < -0.39 is 9.05 Å². The molecule has 1 unspecified atom stereocenters. The Hall–Kier alpha value is -1.07. The van der Waals surface area contributed by atoms with Crippen molar-refractivity contribution in [3.05, 3.63) is 29.8 Å². The van der Waals surface area contributed by atoms with Crippen LogP contribution in [0.5, 0.6) is 0 Å². The molecule has 1 fully saturated rings. The first kappa shape index (κ1) is 14.3. The summed E-state index contributed by atoms with van der Waals surface area (Å²) in [5, 5.41) is 2.82. The van der Waals surface area contributed by atoms with Crippen molar-refractivity contribution >= 4 is 25.6 Å². The van der Waals surface area contributed by atoms with Crippen molar-refractivity contribution in [3.8, 4) is 0 Å². The molecular formula is C13H16ClNO3S. The predicted octanol–water partition coefficient (Wildman–Crippen LogP) is 2.39. The van der Waals surface area contributed by atoms with E-state index in [1.165, 1.54) is 18.2 Å². The second-order valence-corrected chi connectivity index (χ2v) is 8.13. The van der Waals surface area contributed by atoms with E-state index >= 15 is 0 Å². The highest BCUT2D eigenvalue weighted by Crippen LogP contribution is 2.50. The highest BCUT2D eigenvalue weighted by Gasteiger charge is 2.45. The van der Waals surface area contributed by atoms with Gasteiger partial charge in [0.05, 0.1) is 4.90 Å². The number of hydrogen-bond donors (Lipinski definition) is 1. The summed E-state index contributed by atoms with van der Waals surface area (Å²) in [6, 6.07) is 5.73. The fraction of sp³-hybridized carbons (Fsp3) is 0.462. The minimum Gasteiger partial charge on any atom is -0.352 e. The monoisotopic (exact) mass is 301 g/mol. The standard InChI is InChI=1S/C13H16ClNO3S/c1-13(2)7-10(13)8-15-12(16)9-4-3-5-11(6-9)19(14,17)18/h3-6,10H,7-8H2,1-2H3,(H,15,16). The first-order chi connectivity index (χ1) is 8.70. The van der Waals surface area contributed by atoms with Gasteiger partial charge >= 0.3 is 0 Å². The van der Waals surface area contributed by atoms with Gasteiger partial charge in [-0.15, -0.1) is 0 Å². The first-order valence-corrected chi connectivity index (χ1v) is 8.34. The van der Waals surface area contributed by atoms with E-state index in [0.717, 1.165) is 6.42 Å². The molecule has 1 aromatic carbocycles. The predicted molar refractivity (Wildman–Crippen MR) is 73.7 cm³/mol. The maximum atomic E-state index is 11.9. The lowest BCUT2D eigenvalue weighted by Crippen LogP contribution is -2.26. The quantitative estimate of drug-likeness (QED) is 0.869. The first-order valence-electron chi connectivity index (χ1n) is 6.03. The van der Waals surface area contributed by atoms with E-state index in [9.17, 15) is 13.2 Å². The normalized spacial score (nSPS) is 20.9. The van der Waals surface area contributed by atoms with Gasteiger partial charge in [0.1, 0.15) is 0 Å². The Morgan fingerprint density at radius 3 is 2.63 bits per heavy atom. The van der Waals surface area contributed by atoms with Crippen LogP contribution in [0.25, 0.3) is 0 Å². The smallest absolute Gasteiger partial charge is 0.261 e. The zero-order valence-corrected chi connectivity index (χ0v) is 12.4. The van der Waals surface area contributed by atoms with Gasteiger partial charge in [0.25, 0.3) is 15.0 Å². The van der Waals surface area contributed by atoms with Gasteiger partial charge < -0.3 is 5.32 Å². The van der Waals surface area contributed by atoms with Crippen molar-refractivity contribution in [2.24, 2.45) is 11.3 Å². The number of hydrogen-bond acceptors (Lipinski definition) is 3.